The fourth-order valence-electron chi connectivity index (χ4n) is 3.42. The summed E-state index contributed by atoms with van der Waals surface area (Å²) >= 11 is 0. The lowest BCUT2D eigenvalue weighted by molar-refractivity contribution is 0.0386. The van der Waals surface area contributed by atoms with Crippen LogP contribution < -0.4 is 0 Å². The highest BCUT2D eigenvalue weighted by molar-refractivity contribution is 5.43. The average Bonchev–Trinajstić information content (AvgIpc) is 2.72. The second kappa shape index (κ2) is 4.75. The van der Waals surface area contributed by atoms with E-state index in [4.69, 9.17) is 0 Å². The molecule has 1 nitrogen and oxygen atoms in total. The summed E-state index contributed by atoms with van der Waals surface area (Å²) in [5, 5.41) is 11.2. The Morgan fingerprint density at radius 1 is 1.05 bits per heavy atom. The molecular formula is C19H22O. The zero-order valence-corrected chi connectivity index (χ0v) is 12.5. The second-order valence-electron chi connectivity index (χ2n) is 6.24. The van der Waals surface area contributed by atoms with Crippen LogP contribution >= 0.6 is 0 Å². The predicted octanol–water partition coefficient (Wildman–Crippen LogP) is 3.99. The summed E-state index contributed by atoms with van der Waals surface area (Å²) in [6.07, 6.45) is 2.54. The molecule has 2 aromatic rings. The fourth-order valence-corrected chi connectivity index (χ4v) is 3.42. The lowest BCUT2D eigenvalue weighted by Gasteiger charge is -2.26. The molecule has 0 fully saturated rings. The number of hydrogen-bond donors (Lipinski definition) is 1. The van der Waals surface area contributed by atoms with Crippen LogP contribution in [0, 0.1) is 20.8 Å². The Labute approximate surface area is 121 Å². The van der Waals surface area contributed by atoms with Crippen molar-refractivity contribution in [3.63, 3.8) is 0 Å². The van der Waals surface area contributed by atoms with Crippen molar-refractivity contribution in [2.75, 3.05) is 0 Å². The largest absolute Gasteiger partial charge is 0.385 e. The van der Waals surface area contributed by atoms with Crippen LogP contribution in [0.2, 0.25) is 0 Å². The minimum absolute atomic E-state index is 0.696. The van der Waals surface area contributed by atoms with Gasteiger partial charge in [-0.2, -0.15) is 0 Å². The van der Waals surface area contributed by atoms with Crippen LogP contribution in [0.4, 0.5) is 0 Å². The maximum absolute atomic E-state index is 11.2. The zero-order chi connectivity index (χ0) is 14.3. The van der Waals surface area contributed by atoms with E-state index in [9.17, 15) is 5.11 Å². The summed E-state index contributed by atoms with van der Waals surface area (Å²) in [4.78, 5) is 0. The molecule has 0 radical (unpaired) electrons. The molecule has 0 aliphatic heterocycles. The van der Waals surface area contributed by atoms with Crippen LogP contribution in [0.15, 0.2) is 36.4 Å². The van der Waals surface area contributed by atoms with Crippen LogP contribution in [0.3, 0.4) is 0 Å². The van der Waals surface area contributed by atoms with Gasteiger partial charge in [0, 0.05) is 6.42 Å². The third kappa shape index (κ3) is 2.16. The van der Waals surface area contributed by atoms with Gasteiger partial charge in [0.15, 0.2) is 0 Å². The molecule has 0 amide bonds. The van der Waals surface area contributed by atoms with Gasteiger partial charge < -0.3 is 5.11 Å². The number of fused-ring (bicyclic) bond motifs is 1. The Balaban J connectivity index is 2.02. The van der Waals surface area contributed by atoms with Crippen LogP contribution in [-0.4, -0.2) is 5.11 Å². The predicted molar refractivity (Wildman–Crippen MR) is 83.0 cm³/mol. The standard InChI is InChI=1S/C19H22O/c1-13-7-8-16-9-10-19(20,18(16)11-13)12-17-14(2)5-4-6-15(17)3/h4-8,11,20H,9-10,12H2,1-3H3. The Morgan fingerprint density at radius 3 is 2.45 bits per heavy atom. The molecule has 1 unspecified atom stereocenters. The van der Waals surface area contributed by atoms with Gasteiger partial charge in [0.25, 0.3) is 0 Å². The van der Waals surface area contributed by atoms with E-state index in [1.807, 2.05) is 0 Å². The molecule has 1 aliphatic carbocycles. The van der Waals surface area contributed by atoms with Crippen LogP contribution in [0.1, 0.15) is 39.8 Å². The minimum Gasteiger partial charge on any atom is -0.385 e. The van der Waals surface area contributed by atoms with Crippen molar-refractivity contribution in [3.8, 4) is 0 Å². The lowest BCUT2D eigenvalue weighted by atomic mass is 9.85. The summed E-state index contributed by atoms with van der Waals surface area (Å²) in [7, 11) is 0. The van der Waals surface area contributed by atoms with Gasteiger partial charge in [-0.1, -0.05) is 42.0 Å². The fraction of sp³-hybridized carbons (Fsp3) is 0.368. The van der Waals surface area contributed by atoms with Crippen molar-refractivity contribution >= 4 is 0 Å². The normalized spacial score (nSPS) is 21.0. The van der Waals surface area contributed by atoms with Crippen molar-refractivity contribution in [3.05, 3.63) is 69.8 Å². The highest BCUT2D eigenvalue weighted by Crippen LogP contribution is 2.40. The molecule has 1 N–H and O–H groups in total. The zero-order valence-electron chi connectivity index (χ0n) is 12.5. The number of hydrogen-bond acceptors (Lipinski definition) is 1. The van der Waals surface area contributed by atoms with E-state index in [0.29, 0.717) is 0 Å². The molecular weight excluding hydrogens is 244 g/mol. The summed E-state index contributed by atoms with van der Waals surface area (Å²) in [6.45, 7) is 6.37. The van der Waals surface area contributed by atoms with Gasteiger partial charge in [-0.3, -0.25) is 0 Å². The van der Waals surface area contributed by atoms with E-state index in [-0.39, 0.29) is 0 Å². The van der Waals surface area contributed by atoms with Gasteiger partial charge in [0.05, 0.1) is 5.60 Å². The van der Waals surface area contributed by atoms with Crippen LogP contribution in [0.25, 0.3) is 0 Å². The van der Waals surface area contributed by atoms with E-state index in [1.54, 1.807) is 0 Å². The van der Waals surface area contributed by atoms with E-state index >= 15 is 0 Å². The molecule has 0 spiro atoms. The van der Waals surface area contributed by atoms with Gasteiger partial charge in [-0.15, -0.1) is 0 Å². The summed E-state index contributed by atoms with van der Waals surface area (Å²) in [5.74, 6) is 0. The number of aryl methyl sites for hydroxylation is 4. The van der Waals surface area contributed by atoms with Gasteiger partial charge >= 0.3 is 0 Å². The van der Waals surface area contributed by atoms with Crippen molar-refractivity contribution in [1.29, 1.82) is 0 Å². The third-order valence-electron chi connectivity index (χ3n) is 4.69. The van der Waals surface area contributed by atoms with E-state index < -0.39 is 5.60 Å². The number of aliphatic hydroxyl groups is 1. The van der Waals surface area contributed by atoms with E-state index in [1.165, 1.54) is 27.8 Å². The minimum atomic E-state index is -0.696. The molecule has 0 aromatic heterocycles. The first-order chi connectivity index (χ1) is 9.49. The lowest BCUT2D eigenvalue weighted by Crippen LogP contribution is -2.26. The third-order valence-corrected chi connectivity index (χ3v) is 4.69. The summed E-state index contributed by atoms with van der Waals surface area (Å²) in [5.41, 5.74) is 6.83. The molecule has 3 rings (SSSR count). The molecule has 20 heavy (non-hydrogen) atoms. The first kappa shape index (κ1) is 13.4. The van der Waals surface area contributed by atoms with Gasteiger partial charge in [-0.25, -0.2) is 0 Å². The first-order valence-corrected chi connectivity index (χ1v) is 7.37. The van der Waals surface area contributed by atoms with Gasteiger partial charge in [0.2, 0.25) is 0 Å². The van der Waals surface area contributed by atoms with E-state index in [0.717, 1.165) is 24.8 Å². The molecule has 0 saturated carbocycles. The first-order valence-electron chi connectivity index (χ1n) is 7.37. The SMILES string of the molecule is Cc1ccc2c(c1)C(O)(Cc1c(C)cccc1C)CC2. The summed E-state index contributed by atoms with van der Waals surface area (Å²) < 4.78 is 0. The highest BCUT2D eigenvalue weighted by atomic mass is 16.3. The Bertz CT molecular complexity index is 637. The van der Waals surface area contributed by atoms with Crippen LogP contribution in [0.5, 0.6) is 0 Å². The average molecular weight is 266 g/mol. The van der Waals surface area contributed by atoms with E-state index in [2.05, 4.69) is 57.2 Å². The quantitative estimate of drug-likeness (QED) is 0.871. The van der Waals surface area contributed by atoms with Gasteiger partial charge in [-0.05, 0) is 61.4 Å². The van der Waals surface area contributed by atoms with Crippen molar-refractivity contribution in [2.24, 2.45) is 0 Å². The number of benzene rings is 2. The van der Waals surface area contributed by atoms with Crippen molar-refractivity contribution in [2.45, 2.75) is 45.6 Å². The monoisotopic (exact) mass is 266 g/mol. The topological polar surface area (TPSA) is 20.2 Å². The Morgan fingerprint density at radius 2 is 1.75 bits per heavy atom. The molecule has 104 valence electrons. The molecule has 1 aliphatic rings. The summed E-state index contributed by atoms with van der Waals surface area (Å²) in [6, 6.07) is 12.8. The molecule has 0 saturated heterocycles. The number of rotatable bonds is 2. The van der Waals surface area contributed by atoms with Crippen molar-refractivity contribution in [1.82, 2.24) is 0 Å². The maximum atomic E-state index is 11.2. The van der Waals surface area contributed by atoms with Gasteiger partial charge in [0.1, 0.15) is 0 Å². The molecule has 1 atom stereocenters. The molecule has 1 heteroatoms. The second-order valence-corrected chi connectivity index (χ2v) is 6.24. The smallest absolute Gasteiger partial charge is 0.0942 e. The Kier molecular flexibility index (Phi) is 3.18. The Hall–Kier alpha value is -1.60. The maximum Gasteiger partial charge on any atom is 0.0942 e. The molecule has 0 heterocycles. The van der Waals surface area contributed by atoms with Crippen molar-refractivity contribution < 1.29 is 5.11 Å². The van der Waals surface area contributed by atoms with Crippen LogP contribution in [-0.2, 0) is 18.4 Å². The highest BCUT2D eigenvalue weighted by Gasteiger charge is 2.37. The molecule has 2 aromatic carbocycles. The molecule has 0 bridgehead atoms.